The lowest BCUT2D eigenvalue weighted by Crippen LogP contribution is -2.52. The van der Waals surface area contributed by atoms with Gasteiger partial charge in [-0.2, -0.15) is 28.5 Å². The molecule has 2 fully saturated rings. The van der Waals surface area contributed by atoms with Gasteiger partial charge in [-0.1, -0.05) is 35.6 Å². The van der Waals surface area contributed by atoms with E-state index in [0.29, 0.717) is 22.9 Å². The number of alkyl halides is 3. The summed E-state index contributed by atoms with van der Waals surface area (Å²) in [5.41, 5.74) is 14.8. The molecule has 0 aliphatic carbocycles. The van der Waals surface area contributed by atoms with Gasteiger partial charge in [0.2, 0.25) is 0 Å². The quantitative estimate of drug-likeness (QED) is 0.142. The first-order chi connectivity index (χ1) is 40.8. The summed E-state index contributed by atoms with van der Waals surface area (Å²) in [5, 5.41) is 29.4. The minimum atomic E-state index is -4.48. The Balaban J connectivity index is 0.000000120. The Kier molecular flexibility index (Phi) is 15.2. The highest BCUT2D eigenvalue weighted by atomic mass is 32.1. The molecule has 15 rings (SSSR count). The molecule has 6 aromatic heterocycles. The summed E-state index contributed by atoms with van der Waals surface area (Å²) in [4.78, 5) is 16.8. The lowest BCUT2D eigenvalue weighted by molar-refractivity contribution is -0.136. The van der Waals surface area contributed by atoms with E-state index >= 15 is 0 Å². The molecule has 1 unspecified atom stereocenters. The minimum absolute atomic E-state index is 0.0265. The summed E-state index contributed by atoms with van der Waals surface area (Å²) in [6.07, 6.45) is 9.21. The van der Waals surface area contributed by atoms with Crippen molar-refractivity contribution in [2.75, 3.05) is 44.7 Å². The molecule has 2 saturated heterocycles. The highest BCUT2D eigenvalue weighted by Gasteiger charge is 2.35. The van der Waals surface area contributed by atoms with Crippen LogP contribution in [0.15, 0.2) is 116 Å². The molecule has 9 heterocycles. The maximum absolute atomic E-state index is 13.7. The molecule has 0 bridgehead atoms. The Morgan fingerprint density at radius 3 is 1.74 bits per heavy atom. The van der Waals surface area contributed by atoms with Gasteiger partial charge in [0.25, 0.3) is 0 Å². The highest BCUT2D eigenvalue weighted by molar-refractivity contribution is 7.22. The summed E-state index contributed by atoms with van der Waals surface area (Å²) in [6, 6.07) is 31.3. The summed E-state index contributed by atoms with van der Waals surface area (Å²) >= 11 is 5.15. The first kappa shape index (κ1) is 56.7. The van der Waals surface area contributed by atoms with Crippen molar-refractivity contribution in [2.24, 2.45) is 21.1 Å². The van der Waals surface area contributed by atoms with Crippen LogP contribution in [0.25, 0.3) is 101 Å². The minimum Gasteiger partial charge on any atom is -0.348 e. The third kappa shape index (κ3) is 11.9. The van der Waals surface area contributed by atoms with Gasteiger partial charge in [-0.15, -0.1) is 22.7 Å². The van der Waals surface area contributed by atoms with Gasteiger partial charge in [0.1, 0.15) is 15.5 Å². The molecule has 12 aromatic rings. The molecule has 0 radical (unpaired) electrons. The summed E-state index contributed by atoms with van der Waals surface area (Å²) in [7, 11) is 7.65. The van der Waals surface area contributed by atoms with E-state index in [2.05, 4.69) is 150 Å². The van der Waals surface area contributed by atoms with Crippen molar-refractivity contribution in [3.63, 3.8) is 0 Å². The molecule has 436 valence electrons. The smallest absolute Gasteiger partial charge is 0.348 e. The fourth-order valence-corrected chi connectivity index (χ4v) is 15.5. The number of aryl methyl sites for hydroxylation is 5. The largest absolute Gasteiger partial charge is 0.418 e. The number of aromatic nitrogens is 9. The van der Waals surface area contributed by atoms with Crippen molar-refractivity contribution in [1.29, 1.82) is 0 Å². The number of nitrogens with one attached hydrogen (secondary N) is 3. The molecule has 19 heteroatoms. The van der Waals surface area contributed by atoms with Crippen LogP contribution < -0.4 is 20.9 Å². The topological polar surface area (TPSA) is 131 Å². The monoisotopic (exact) mass is 1200 g/mol. The zero-order valence-corrected chi connectivity index (χ0v) is 51.5. The Morgan fingerprint density at radius 2 is 1.13 bits per heavy atom. The standard InChI is InChI=1S/C24H26F3N5S.C21H22N4S.C21H20N4S/c1-23(2)12-17(7-8-28-23)32(4)22-29-19-6-5-14(11-20(19)33-22)15-9-16-13-31(3)30-21(16)18(10-15)24(25,26)27;2*1-13-9-16(10-17-12-25(2)24-20(13)17)21-23-18-4-3-15(11-19(18)26-21)14-5-7-22-8-6-14/h5-6,9-11,13,17,28H,7-8,12H2,1-4H3;3-4,9-12,14,22H,5-8H2,1-2H3;3-5,9-12,22H,6-8H2,1-2H3. The molecule has 3 aliphatic heterocycles. The number of fused-ring (bicyclic) bond motifs is 6. The summed E-state index contributed by atoms with van der Waals surface area (Å²) in [5.74, 6) is 0.681. The third-order valence-corrected chi connectivity index (χ3v) is 20.0. The van der Waals surface area contributed by atoms with Crippen molar-refractivity contribution in [3.8, 4) is 32.3 Å². The van der Waals surface area contributed by atoms with E-state index in [-0.39, 0.29) is 11.1 Å². The van der Waals surface area contributed by atoms with Gasteiger partial charge in [-0.25, -0.2) is 15.0 Å². The highest BCUT2D eigenvalue weighted by Crippen LogP contribution is 2.41. The Bertz CT molecular complexity index is 4510. The van der Waals surface area contributed by atoms with Crippen LogP contribution in [0.3, 0.4) is 0 Å². The molecule has 0 amide bonds. The lowest BCUT2D eigenvalue weighted by Gasteiger charge is -2.40. The van der Waals surface area contributed by atoms with Crippen LogP contribution in [-0.4, -0.2) is 95.6 Å². The van der Waals surface area contributed by atoms with Crippen LogP contribution in [0.5, 0.6) is 0 Å². The first-order valence-electron chi connectivity index (χ1n) is 29.1. The van der Waals surface area contributed by atoms with E-state index in [9.17, 15) is 13.2 Å². The maximum Gasteiger partial charge on any atom is 0.418 e. The van der Waals surface area contributed by atoms with E-state index in [1.54, 1.807) is 53.3 Å². The van der Waals surface area contributed by atoms with E-state index in [0.717, 1.165) is 105 Å². The average molecular weight is 1200 g/mol. The number of anilines is 1. The predicted octanol–water partition coefficient (Wildman–Crippen LogP) is 15.0. The molecular formula is C66H68F3N13S3. The molecule has 1 atom stereocenters. The second kappa shape index (κ2) is 22.8. The van der Waals surface area contributed by atoms with E-state index < -0.39 is 11.7 Å². The Morgan fingerprint density at radius 1 is 0.576 bits per heavy atom. The molecule has 85 heavy (non-hydrogen) atoms. The van der Waals surface area contributed by atoms with Gasteiger partial charge in [0.05, 0.1) is 47.2 Å². The molecule has 0 spiro atoms. The number of nitrogens with zero attached hydrogens (tertiary/aromatic N) is 10. The molecule has 3 aliphatic rings. The van der Waals surface area contributed by atoms with Crippen LogP contribution in [0.1, 0.15) is 79.7 Å². The molecule has 3 N–H and O–H groups in total. The van der Waals surface area contributed by atoms with E-state index in [1.165, 1.54) is 82.7 Å². The van der Waals surface area contributed by atoms with Gasteiger partial charge in [-0.3, -0.25) is 14.0 Å². The predicted molar refractivity (Wildman–Crippen MR) is 346 cm³/mol. The number of thiazole rings is 3. The van der Waals surface area contributed by atoms with Crippen LogP contribution in [0.2, 0.25) is 0 Å². The van der Waals surface area contributed by atoms with E-state index in [1.807, 2.05) is 41.7 Å². The van der Waals surface area contributed by atoms with Gasteiger partial charge in [-0.05, 0) is 204 Å². The number of halogens is 3. The van der Waals surface area contributed by atoms with Crippen molar-refractivity contribution in [3.05, 3.63) is 143 Å². The van der Waals surface area contributed by atoms with Crippen LogP contribution in [0, 0.1) is 13.8 Å². The van der Waals surface area contributed by atoms with Crippen molar-refractivity contribution in [2.45, 2.75) is 83.5 Å². The molecule has 13 nitrogen and oxygen atoms in total. The third-order valence-electron chi connectivity index (χ3n) is 16.8. The van der Waals surface area contributed by atoms with Crippen molar-refractivity contribution >= 4 is 108 Å². The number of piperidine rings is 2. The zero-order chi connectivity index (χ0) is 58.9. The summed E-state index contributed by atoms with van der Waals surface area (Å²) < 4.78 is 49.9. The van der Waals surface area contributed by atoms with Crippen LogP contribution >= 0.6 is 34.0 Å². The zero-order valence-electron chi connectivity index (χ0n) is 49.0. The fraction of sp³-hybridized carbons (Fsp3) is 0.333. The first-order valence-corrected chi connectivity index (χ1v) is 31.5. The van der Waals surface area contributed by atoms with E-state index in [4.69, 9.17) is 15.0 Å². The number of rotatable bonds is 7. The number of benzene rings is 6. The Hall–Kier alpha value is -7.39. The maximum atomic E-state index is 13.7. The normalized spacial score (nSPS) is 16.7. The second-order valence-corrected chi connectivity index (χ2v) is 26.8. The van der Waals surface area contributed by atoms with Crippen LogP contribution in [0.4, 0.5) is 18.3 Å². The van der Waals surface area contributed by atoms with Crippen LogP contribution in [-0.2, 0) is 27.3 Å². The van der Waals surface area contributed by atoms with Gasteiger partial charge in [0.15, 0.2) is 5.13 Å². The van der Waals surface area contributed by atoms with Crippen molar-refractivity contribution < 1.29 is 13.2 Å². The Labute approximate surface area is 503 Å². The molecular weight excluding hydrogens is 1130 g/mol. The molecule has 6 aromatic carbocycles. The lowest BCUT2D eigenvalue weighted by atomic mass is 9.89. The summed E-state index contributed by atoms with van der Waals surface area (Å²) in [6.45, 7) is 13.9. The SMILES string of the molecule is CN(c1nc2ccc(-c3cc(C(F)(F)F)c4nn(C)cc4c3)cc2s1)C1CCNC(C)(C)C1.Cc1cc(-c2nc3ccc(C4=CCNCC4)cc3s2)cc2cn(C)nc12.Cc1cc(-c2nc3ccc(C4CCNCC4)cc3s2)cc2cn(C)nc12. The average Bonchev–Trinajstić information content (AvgIpc) is 4.58. The molecule has 0 saturated carbocycles. The number of hydrogen-bond donors (Lipinski definition) is 3. The van der Waals surface area contributed by atoms with Gasteiger partial charge >= 0.3 is 6.18 Å². The van der Waals surface area contributed by atoms with Gasteiger partial charge < -0.3 is 20.9 Å². The van der Waals surface area contributed by atoms with Gasteiger partial charge in [0, 0.05) is 92.2 Å². The number of hydrogen-bond acceptors (Lipinski definition) is 13. The second-order valence-electron chi connectivity index (χ2n) is 23.7. The fourth-order valence-electron chi connectivity index (χ4n) is 12.4. The van der Waals surface area contributed by atoms with Crippen molar-refractivity contribution in [1.82, 2.24) is 60.2 Å².